The number of carbonyl (C=O) groups is 1. The van der Waals surface area contributed by atoms with Crippen LogP contribution in [0.4, 0.5) is 17.6 Å². The quantitative estimate of drug-likeness (QED) is 0.837. The lowest BCUT2D eigenvalue weighted by Crippen LogP contribution is -2.57. The van der Waals surface area contributed by atoms with Crippen molar-refractivity contribution in [2.24, 2.45) is 0 Å². The summed E-state index contributed by atoms with van der Waals surface area (Å²) in [5, 5.41) is 2.96. The number of carbonyl (C=O) groups excluding carboxylic acids is 1. The normalized spacial score (nSPS) is 16.1. The van der Waals surface area contributed by atoms with Gasteiger partial charge in [0.2, 0.25) is 0 Å². The lowest BCUT2D eigenvalue weighted by Gasteiger charge is -2.35. The average Bonchev–Trinajstić information content (AvgIpc) is 2.24. The Bertz CT molecular complexity index is 497. The van der Waals surface area contributed by atoms with E-state index in [9.17, 15) is 22.4 Å². The van der Waals surface area contributed by atoms with Crippen LogP contribution < -0.4 is 5.32 Å². The predicted octanol–water partition coefficient (Wildman–Crippen LogP) is 1.89. The minimum Gasteiger partial charge on any atom is -0.336 e. The van der Waals surface area contributed by atoms with Gasteiger partial charge >= 0.3 is 6.18 Å². The van der Waals surface area contributed by atoms with E-state index in [2.05, 4.69) is 5.32 Å². The summed E-state index contributed by atoms with van der Waals surface area (Å²) in [5.41, 5.74) is -1.58. The van der Waals surface area contributed by atoms with E-state index in [1.54, 1.807) is 0 Å². The second-order valence-electron chi connectivity index (χ2n) is 4.42. The highest BCUT2D eigenvalue weighted by molar-refractivity contribution is 5.94. The van der Waals surface area contributed by atoms with Crippen molar-refractivity contribution >= 4 is 5.91 Å². The predicted molar refractivity (Wildman–Crippen MR) is 60.2 cm³/mol. The van der Waals surface area contributed by atoms with Gasteiger partial charge in [-0.15, -0.1) is 0 Å². The third-order valence-electron chi connectivity index (χ3n) is 3.15. The van der Waals surface area contributed by atoms with Crippen molar-refractivity contribution in [2.75, 3.05) is 20.1 Å². The first kappa shape index (κ1) is 13.8. The number of hydrogen-bond donors (Lipinski definition) is 1. The van der Waals surface area contributed by atoms with E-state index in [0.29, 0.717) is 25.2 Å². The summed E-state index contributed by atoms with van der Waals surface area (Å²) in [5.74, 6) is -1.92. The molecule has 7 heteroatoms. The van der Waals surface area contributed by atoms with Gasteiger partial charge in [0, 0.05) is 25.7 Å². The molecule has 1 heterocycles. The molecule has 0 aliphatic carbocycles. The van der Waals surface area contributed by atoms with Crippen molar-refractivity contribution < 1.29 is 22.4 Å². The minimum absolute atomic E-state index is 0.0353. The molecule has 1 N–H and O–H groups in total. The minimum atomic E-state index is -4.81. The van der Waals surface area contributed by atoms with E-state index in [1.807, 2.05) is 0 Å². The number of rotatable bonds is 2. The van der Waals surface area contributed by atoms with E-state index >= 15 is 0 Å². The van der Waals surface area contributed by atoms with Gasteiger partial charge in [-0.1, -0.05) is 0 Å². The van der Waals surface area contributed by atoms with Crippen molar-refractivity contribution in [3.05, 3.63) is 35.1 Å². The smallest absolute Gasteiger partial charge is 0.336 e. The highest BCUT2D eigenvalue weighted by atomic mass is 19.4. The van der Waals surface area contributed by atoms with Crippen LogP contribution in [0.5, 0.6) is 0 Å². The van der Waals surface area contributed by atoms with Crippen LogP contribution in [-0.2, 0) is 6.18 Å². The van der Waals surface area contributed by atoms with Crippen molar-refractivity contribution in [3.63, 3.8) is 0 Å². The van der Waals surface area contributed by atoms with Crippen LogP contribution in [0.15, 0.2) is 18.2 Å². The highest BCUT2D eigenvalue weighted by Crippen LogP contribution is 2.32. The number of nitrogens with one attached hydrogen (secondary N) is 1. The molecule has 0 atom stereocenters. The van der Waals surface area contributed by atoms with Crippen LogP contribution in [0.3, 0.4) is 0 Å². The molecule has 1 aromatic rings. The second kappa shape index (κ2) is 4.80. The van der Waals surface area contributed by atoms with Crippen LogP contribution in [0.1, 0.15) is 15.9 Å². The van der Waals surface area contributed by atoms with Crippen LogP contribution in [0.2, 0.25) is 0 Å². The molecule has 0 spiro atoms. The largest absolute Gasteiger partial charge is 0.419 e. The number of hydrogen-bond acceptors (Lipinski definition) is 2. The van der Waals surface area contributed by atoms with Gasteiger partial charge in [0.1, 0.15) is 5.82 Å². The highest BCUT2D eigenvalue weighted by Gasteiger charge is 2.35. The van der Waals surface area contributed by atoms with Gasteiger partial charge in [0.05, 0.1) is 11.6 Å². The molecule has 1 saturated heterocycles. The summed E-state index contributed by atoms with van der Waals surface area (Å²) in [6.45, 7) is 1.21. The molecule has 0 radical (unpaired) electrons. The molecule has 1 amide bonds. The van der Waals surface area contributed by atoms with E-state index in [-0.39, 0.29) is 11.6 Å². The molecule has 0 bridgehead atoms. The zero-order valence-electron chi connectivity index (χ0n) is 10.1. The van der Waals surface area contributed by atoms with Gasteiger partial charge < -0.3 is 10.2 Å². The molecule has 1 aromatic carbocycles. The standard InChI is InChI=1S/C12H12F4N2O/c1-18(8-5-17-6-8)11(19)7-2-3-10(13)9(4-7)12(14,15)16/h2-4,8,17H,5-6H2,1H3. The van der Waals surface area contributed by atoms with Crippen LogP contribution in [0, 0.1) is 5.82 Å². The zero-order chi connectivity index (χ0) is 14.2. The van der Waals surface area contributed by atoms with Crippen molar-refractivity contribution in [1.82, 2.24) is 10.2 Å². The second-order valence-corrected chi connectivity index (χ2v) is 4.42. The summed E-state index contributed by atoms with van der Waals surface area (Å²) in [4.78, 5) is 13.3. The molecular weight excluding hydrogens is 264 g/mol. The number of nitrogens with zero attached hydrogens (tertiary/aromatic N) is 1. The maximum Gasteiger partial charge on any atom is 0.419 e. The topological polar surface area (TPSA) is 32.3 Å². The first-order valence-corrected chi connectivity index (χ1v) is 5.65. The summed E-state index contributed by atoms with van der Waals surface area (Å²) < 4.78 is 50.8. The van der Waals surface area contributed by atoms with Gasteiger partial charge in [-0.2, -0.15) is 13.2 Å². The molecule has 3 nitrogen and oxygen atoms in total. The van der Waals surface area contributed by atoms with Crippen LogP contribution in [-0.4, -0.2) is 37.0 Å². The van der Waals surface area contributed by atoms with E-state index in [4.69, 9.17) is 0 Å². The molecule has 0 aromatic heterocycles. The number of halogens is 4. The maximum atomic E-state index is 13.1. The Morgan fingerprint density at radius 3 is 2.47 bits per heavy atom. The molecule has 104 valence electrons. The maximum absolute atomic E-state index is 13.1. The molecule has 1 aliphatic rings. The number of amides is 1. The fraction of sp³-hybridized carbons (Fsp3) is 0.417. The Morgan fingerprint density at radius 2 is 2.00 bits per heavy atom. The van der Waals surface area contributed by atoms with Gasteiger partial charge in [0.15, 0.2) is 0 Å². The SMILES string of the molecule is CN(C(=O)c1ccc(F)c(C(F)(F)F)c1)C1CNC1. The van der Waals surface area contributed by atoms with Crippen molar-refractivity contribution in [1.29, 1.82) is 0 Å². The van der Waals surface area contributed by atoms with Crippen LogP contribution >= 0.6 is 0 Å². The fourth-order valence-corrected chi connectivity index (χ4v) is 1.79. The molecule has 2 rings (SSSR count). The van der Waals surface area contributed by atoms with Gasteiger partial charge in [-0.3, -0.25) is 4.79 Å². The Morgan fingerprint density at radius 1 is 1.37 bits per heavy atom. The average molecular weight is 276 g/mol. The number of benzene rings is 1. The Kier molecular flexibility index (Phi) is 3.49. The fourth-order valence-electron chi connectivity index (χ4n) is 1.79. The Hall–Kier alpha value is -1.63. The molecular formula is C12H12F4N2O. The van der Waals surface area contributed by atoms with Crippen molar-refractivity contribution in [3.8, 4) is 0 Å². The lowest BCUT2D eigenvalue weighted by molar-refractivity contribution is -0.140. The molecule has 0 unspecified atom stereocenters. The third-order valence-corrected chi connectivity index (χ3v) is 3.15. The first-order chi connectivity index (χ1) is 8.80. The summed E-state index contributed by atoms with van der Waals surface area (Å²) in [7, 11) is 1.52. The summed E-state index contributed by atoms with van der Waals surface area (Å²) >= 11 is 0. The van der Waals surface area contributed by atoms with E-state index < -0.39 is 23.5 Å². The zero-order valence-corrected chi connectivity index (χ0v) is 10.1. The molecule has 0 saturated carbocycles. The van der Waals surface area contributed by atoms with E-state index in [0.717, 1.165) is 6.07 Å². The molecule has 19 heavy (non-hydrogen) atoms. The molecule has 1 fully saturated rings. The van der Waals surface area contributed by atoms with E-state index in [1.165, 1.54) is 11.9 Å². The first-order valence-electron chi connectivity index (χ1n) is 5.65. The monoisotopic (exact) mass is 276 g/mol. The molecule has 1 aliphatic heterocycles. The van der Waals surface area contributed by atoms with Crippen molar-refractivity contribution in [2.45, 2.75) is 12.2 Å². The van der Waals surface area contributed by atoms with Gasteiger partial charge in [0.25, 0.3) is 5.91 Å². The summed E-state index contributed by atoms with van der Waals surface area (Å²) in [6.07, 6.45) is -4.81. The third kappa shape index (κ3) is 2.70. The summed E-state index contributed by atoms with van der Waals surface area (Å²) in [6, 6.07) is 2.26. The lowest BCUT2D eigenvalue weighted by atomic mass is 10.1. The number of likely N-dealkylation sites (N-methyl/N-ethyl adjacent to an activating group) is 1. The van der Waals surface area contributed by atoms with Gasteiger partial charge in [-0.25, -0.2) is 4.39 Å². The van der Waals surface area contributed by atoms with Crippen LogP contribution in [0.25, 0.3) is 0 Å². The Balaban J connectivity index is 2.27. The van der Waals surface area contributed by atoms with Gasteiger partial charge in [-0.05, 0) is 18.2 Å². The Labute approximate surface area is 107 Å². The number of alkyl halides is 3.